The molecule has 0 aromatic rings. The zero-order chi connectivity index (χ0) is 16.1. The zero-order valence-corrected chi connectivity index (χ0v) is 16.6. The van der Waals surface area contributed by atoms with Crippen LogP contribution >= 0.6 is 0 Å². The van der Waals surface area contributed by atoms with Crippen LogP contribution < -0.4 is 0 Å². The Balaban J connectivity index is 3.84. The van der Waals surface area contributed by atoms with E-state index in [2.05, 4.69) is 51.0 Å². The first-order valence-electron chi connectivity index (χ1n) is 8.91. The van der Waals surface area contributed by atoms with E-state index in [-0.39, 0.29) is 0 Å². The first-order valence-corrected chi connectivity index (χ1v) is 12.0. The van der Waals surface area contributed by atoms with Crippen molar-refractivity contribution in [1.82, 2.24) is 9.80 Å². The highest BCUT2D eigenvalue weighted by atomic mass is 28.3. The fraction of sp³-hybridized carbons (Fsp3) is 0.941. The second kappa shape index (κ2) is 13.2. The minimum Gasteiger partial charge on any atom is -0.349 e. The molecule has 0 aromatic carbocycles. The molecule has 0 N–H and O–H groups in total. The maximum Gasteiger partial charge on any atom is 0.195 e. The molecule has 0 rings (SSSR count). The first kappa shape index (κ1) is 20.5. The summed E-state index contributed by atoms with van der Waals surface area (Å²) in [4.78, 5) is 9.30. The van der Waals surface area contributed by atoms with Gasteiger partial charge in [0.2, 0.25) is 0 Å². The molecule has 0 saturated carbocycles. The standard InChI is InChI=1S/C17H39N3Si/c1-7-8-9-10-11-12-13-14-15-18-17(19(2)3)20(4)16-21(5)6/h21H,7-16H2,1-6H3. The van der Waals surface area contributed by atoms with Gasteiger partial charge in [-0.15, -0.1) is 0 Å². The summed E-state index contributed by atoms with van der Waals surface area (Å²) in [6, 6.07) is 0. The summed E-state index contributed by atoms with van der Waals surface area (Å²) in [6.07, 6.45) is 12.1. The Morgan fingerprint density at radius 2 is 1.38 bits per heavy atom. The molecule has 126 valence electrons. The van der Waals surface area contributed by atoms with Gasteiger partial charge in [0, 0.05) is 33.9 Å². The summed E-state index contributed by atoms with van der Waals surface area (Å²) in [5.74, 6) is 1.15. The number of hydrogen-bond donors (Lipinski definition) is 0. The zero-order valence-electron chi connectivity index (χ0n) is 15.5. The summed E-state index contributed by atoms with van der Waals surface area (Å²) >= 11 is 0. The van der Waals surface area contributed by atoms with Crippen LogP contribution in [0.25, 0.3) is 0 Å². The minimum atomic E-state index is -0.574. The molecule has 0 aliphatic rings. The first-order chi connectivity index (χ1) is 9.99. The van der Waals surface area contributed by atoms with E-state index < -0.39 is 8.80 Å². The number of unbranched alkanes of at least 4 members (excludes halogenated alkanes) is 7. The van der Waals surface area contributed by atoms with Gasteiger partial charge in [0.05, 0.1) is 8.80 Å². The molecule has 0 aliphatic heterocycles. The van der Waals surface area contributed by atoms with Crippen molar-refractivity contribution in [2.24, 2.45) is 4.99 Å². The van der Waals surface area contributed by atoms with Crippen molar-refractivity contribution < 1.29 is 0 Å². The van der Waals surface area contributed by atoms with Crippen molar-refractivity contribution in [1.29, 1.82) is 0 Å². The maximum absolute atomic E-state index is 4.81. The van der Waals surface area contributed by atoms with Crippen molar-refractivity contribution >= 4 is 14.8 Å². The second-order valence-electron chi connectivity index (χ2n) is 6.83. The van der Waals surface area contributed by atoms with Crippen LogP contribution in [-0.4, -0.2) is 58.4 Å². The van der Waals surface area contributed by atoms with E-state index in [4.69, 9.17) is 4.99 Å². The smallest absolute Gasteiger partial charge is 0.195 e. The molecule has 21 heavy (non-hydrogen) atoms. The third-order valence-electron chi connectivity index (χ3n) is 3.65. The van der Waals surface area contributed by atoms with Crippen LogP contribution in [0.3, 0.4) is 0 Å². The molecular weight excluding hydrogens is 274 g/mol. The van der Waals surface area contributed by atoms with Crippen LogP contribution in [0.4, 0.5) is 0 Å². The predicted molar refractivity (Wildman–Crippen MR) is 100 cm³/mol. The Hall–Kier alpha value is -0.513. The van der Waals surface area contributed by atoms with Gasteiger partial charge < -0.3 is 9.80 Å². The van der Waals surface area contributed by atoms with E-state index in [0.717, 1.165) is 12.5 Å². The fourth-order valence-corrected chi connectivity index (χ4v) is 3.92. The monoisotopic (exact) mass is 313 g/mol. The third-order valence-corrected chi connectivity index (χ3v) is 4.92. The van der Waals surface area contributed by atoms with Gasteiger partial charge in [-0.05, 0) is 6.42 Å². The molecule has 0 bridgehead atoms. The molecule has 0 fully saturated rings. The van der Waals surface area contributed by atoms with Crippen LogP contribution in [0.5, 0.6) is 0 Å². The average molecular weight is 314 g/mol. The highest BCUT2D eigenvalue weighted by molar-refractivity contribution is 6.56. The van der Waals surface area contributed by atoms with Gasteiger partial charge in [-0.2, -0.15) is 0 Å². The van der Waals surface area contributed by atoms with Crippen LogP contribution in [0.2, 0.25) is 13.1 Å². The van der Waals surface area contributed by atoms with E-state index in [1.165, 1.54) is 57.5 Å². The number of aliphatic imine (C=N–C) groups is 1. The summed E-state index contributed by atoms with van der Waals surface area (Å²) < 4.78 is 0. The second-order valence-corrected chi connectivity index (χ2v) is 9.98. The number of nitrogens with zero attached hydrogens (tertiary/aromatic N) is 3. The van der Waals surface area contributed by atoms with Gasteiger partial charge in [-0.25, -0.2) is 0 Å². The van der Waals surface area contributed by atoms with E-state index >= 15 is 0 Å². The Morgan fingerprint density at radius 3 is 1.86 bits per heavy atom. The molecule has 0 unspecified atom stereocenters. The maximum atomic E-state index is 4.81. The molecule has 4 heteroatoms. The number of rotatable bonds is 11. The Bertz CT molecular complexity index is 265. The van der Waals surface area contributed by atoms with E-state index in [1.807, 2.05) is 0 Å². The van der Waals surface area contributed by atoms with Gasteiger partial charge in [-0.1, -0.05) is 65.0 Å². The molecule has 0 atom stereocenters. The lowest BCUT2D eigenvalue weighted by molar-refractivity contribution is 0.461. The van der Waals surface area contributed by atoms with Crippen LogP contribution in [0, 0.1) is 0 Å². The van der Waals surface area contributed by atoms with Crippen LogP contribution in [0.1, 0.15) is 58.3 Å². The summed E-state index contributed by atoms with van der Waals surface area (Å²) in [5, 5.41) is 0. The molecule has 0 spiro atoms. The lowest BCUT2D eigenvalue weighted by atomic mass is 10.1. The van der Waals surface area contributed by atoms with Gasteiger partial charge in [-0.3, -0.25) is 4.99 Å². The number of hydrogen-bond acceptors (Lipinski definition) is 1. The normalized spacial score (nSPS) is 12.0. The highest BCUT2D eigenvalue weighted by Gasteiger charge is 2.10. The van der Waals surface area contributed by atoms with E-state index in [0.29, 0.717) is 0 Å². The van der Waals surface area contributed by atoms with Crippen LogP contribution in [-0.2, 0) is 0 Å². The molecule has 0 heterocycles. The van der Waals surface area contributed by atoms with Crippen molar-refractivity contribution in [3.05, 3.63) is 0 Å². The summed E-state index contributed by atoms with van der Waals surface area (Å²) in [6.45, 7) is 8.04. The Morgan fingerprint density at radius 1 is 0.857 bits per heavy atom. The van der Waals surface area contributed by atoms with E-state index in [1.54, 1.807) is 0 Å². The van der Waals surface area contributed by atoms with E-state index in [9.17, 15) is 0 Å². The molecule has 0 radical (unpaired) electrons. The Labute approximate surface area is 135 Å². The highest BCUT2D eigenvalue weighted by Crippen LogP contribution is 2.08. The van der Waals surface area contributed by atoms with Gasteiger partial charge in [0.25, 0.3) is 0 Å². The molecule has 0 aliphatic carbocycles. The van der Waals surface area contributed by atoms with Crippen LogP contribution in [0.15, 0.2) is 4.99 Å². The summed E-state index contributed by atoms with van der Waals surface area (Å²) in [5.41, 5.74) is 0. The topological polar surface area (TPSA) is 18.8 Å². The largest absolute Gasteiger partial charge is 0.349 e. The van der Waals surface area contributed by atoms with Gasteiger partial charge >= 0.3 is 0 Å². The molecule has 0 aromatic heterocycles. The van der Waals surface area contributed by atoms with Gasteiger partial charge in [0.1, 0.15) is 0 Å². The van der Waals surface area contributed by atoms with Crippen molar-refractivity contribution in [3.8, 4) is 0 Å². The summed E-state index contributed by atoms with van der Waals surface area (Å²) in [7, 11) is 5.81. The Kier molecular flexibility index (Phi) is 12.8. The fourth-order valence-electron chi connectivity index (χ4n) is 2.66. The predicted octanol–water partition coefficient (Wildman–Crippen LogP) is 4.00. The van der Waals surface area contributed by atoms with Crippen molar-refractivity contribution in [3.63, 3.8) is 0 Å². The number of guanidine groups is 1. The van der Waals surface area contributed by atoms with Crippen molar-refractivity contribution in [2.45, 2.75) is 71.4 Å². The quantitative estimate of drug-likeness (QED) is 0.248. The lowest BCUT2D eigenvalue weighted by Gasteiger charge is -2.27. The van der Waals surface area contributed by atoms with Crippen molar-refractivity contribution in [2.75, 3.05) is 33.9 Å². The molecular formula is C17H39N3Si. The third kappa shape index (κ3) is 11.8. The SMILES string of the molecule is CCCCCCCCCCN=C(N(C)C)N(C)C[SiH](C)C. The lowest BCUT2D eigenvalue weighted by Crippen LogP contribution is -2.42. The molecule has 0 saturated heterocycles. The van der Waals surface area contributed by atoms with Gasteiger partial charge in [0.15, 0.2) is 5.96 Å². The average Bonchev–Trinajstić information content (AvgIpc) is 2.39. The molecule has 0 amide bonds. The minimum absolute atomic E-state index is 0.574. The molecule has 3 nitrogen and oxygen atoms in total.